The van der Waals surface area contributed by atoms with Gasteiger partial charge in [-0.1, -0.05) is 40.7 Å². The second-order valence-electron chi connectivity index (χ2n) is 5.38. The summed E-state index contributed by atoms with van der Waals surface area (Å²) < 4.78 is 0. The van der Waals surface area contributed by atoms with Crippen molar-refractivity contribution in [3.63, 3.8) is 0 Å². The standard InChI is InChI=1S/C13H24O/c1-7-8-10(2)9-11(3)12(14)13(4,5)6/h7,10-11H,1,8-9H2,2-6H3. The van der Waals surface area contributed by atoms with Crippen LogP contribution in [0, 0.1) is 17.3 Å². The molecule has 0 heterocycles. The molecule has 0 fully saturated rings. The van der Waals surface area contributed by atoms with Gasteiger partial charge < -0.3 is 0 Å². The summed E-state index contributed by atoms with van der Waals surface area (Å²) in [4.78, 5) is 11.9. The lowest BCUT2D eigenvalue weighted by molar-refractivity contribution is -0.130. The maximum atomic E-state index is 11.9. The maximum Gasteiger partial charge on any atom is 0.141 e. The molecule has 0 saturated carbocycles. The molecule has 0 rings (SSSR count). The molecule has 1 heteroatoms. The summed E-state index contributed by atoms with van der Waals surface area (Å²) in [6.07, 6.45) is 3.91. The lowest BCUT2D eigenvalue weighted by atomic mass is 9.80. The number of allylic oxidation sites excluding steroid dienone is 1. The topological polar surface area (TPSA) is 17.1 Å². The van der Waals surface area contributed by atoms with Crippen molar-refractivity contribution < 1.29 is 4.79 Å². The average molecular weight is 196 g/mol. The van der Waals surface area contributed by atoms with E-state index < -0.39 is 0 Å². The average Bonchev–Trinajstić information content (AvgIpc) is 2.01. The van der Waals surface area contributed by atoms with Crippen LogP contribution in [0.25, 0.3) is 0 Å². The summed E-state index contributed by atoms with van der Waals surface area (Å²) in [6, 6.07) is 0. The number of carbonyl (C=O) groups is 1. The second kappa shape index (κ2) is 5.33. The smallest absolute Gasteiger partial charge is 0.141 e. The zero-order valence-corrected chi connectivity index (χ0v) is 10.3. The van der Waals surface area contributed by atoms with Crippen LogP contribution in [-0.2, 0) is 4.79 Å². The van der Waals surface area contributed by atoms with Crippen molar-refractivity contribution in [1.29, 1.82) is 0 Å². The monoisotopic (exact) mass is 196 g/mol. The molecule has 0 spiro atoms. The molecule has 2 atom stereocenters. The molecule has 0 aromatic heterocycles. The Labute approximate surface area is 88.6 Å². The van der Waals surface area contributed by atoms with E-state index in [-0.39, 0.29) is 11.3 Å². The summed E-state index contributed by atoms with van der Waals surface area (Å²) in [6.45, 7) is 13.9. The summed E-state index contributed by atoms with van der Waals surface area (Å²) in [5.41, 5.74) is -0.201. The van der Waals surface area contributed by atoms with Gasteiger partial charge in [-0.3, -0.25) is 4.79 Å². The highest BCUT2D eigenvalue weighted by atomic mass is 16.1. The fraction of sp³-hybridized carbons (Fsp3) is 0.769. The number of Topliss-reactive ketones (excluding diaryl/α,β-unsaturated/α-hetero) is 1. The van der Waals surface area contributed by atoms with Crippen LogP contribution in [0.15, 0.2) is 12.7 Å². The summed E-state index contributed by atoms with van der Waals surface area (Å²) >= 11 is 0. The van der Waals surface area contributed by atoms with Gasteiger partial charge in [0.15, 0.2) is 0 Å². The molecule has 0 radical (unpaired) electrons. The Bertz CT molecular complexity index is 198. The SMILES string of the molecule is C=CCC(C)CC(C)C(=O)C(C)(C)C. The van der Waals surface area contributed by atoms with Gasteiger partial charge in [-0.15, -0.1) is 6.58 Å². The molecular weight excluding hydrogens is 172 g/mol. The fourth-order valence-electron chi connectivity index (χ4n) is 1.83. The Hall–Kier alpha value is -0.590. The molecule has 0 aliphatic carbocycles. The van der Waals surface area contributed by atoms with E-state index in [1.165, 1.54) is 0 Å². The van der Waals surface area contributed by atoms with E-state index >= 15 is 0 Å². The Morgan fingerprint density at radius 2 is 1.86 bits per heavy atom. The minimum absolute atomic E-state index is 0.171. The zero-order chi connectivity index (χ0) is 11.4. The van der Waals surface area contributed by atoms with E-state index in [2.05, 4.69) is 13.5 Å². The molecule has 0 aromatic carbocycles. The van der Waals surface area contributed by atoms with Crippen LogP contribution in [0.3, 0.4) is 0 Å². The first-order valence-corrected chi connectivity index (χ1v) is 5.44. The predicted octanol–water partition coefficient (Wildman–Crippen LogP) is 3.84. The van der Waals surface area contributed by atoms with Crippen molar-refractivity contribution >= 4 is 5.78 Å². The lowest BCUT2D eigenvalue weighted by Gasteiger charge is -2.23. The first kappa shape index (κ1) is 13.4. The van der Waals surface area contributed by atoms with Crippen molar-refractivity contribution in [2.24, 2.45) is 17.3 Å². The van der Waals surface area contributed by atoms with E-state index in [4.69, 9.17) is 0 Å². The minimum Gasteiger partial charge on any atom is -0.299 e. The minimum atomic E-state index is -0.201. The molecule has 0 N–H and O–H groups in total. The normalized spacial score (nSPS) is 16.1. The predicted molar refractivity (Wildman–Crippen MR) is 62.2 cm³/mol. The summed E-state index contributed by atoms with van der Waals surface area (Å²) in [7, 11) is 0. The van der Waals surface area contributed by atoms with E-state index in [0.29, 0.717) is 11.7 Å². The van der Waals surface area contributed by atoms with Crippen LogP contribution in [-0.4, -0.2) is 5.78 Å². The highest BCUT2D eigenvalue weighted by molar-refractivity contribution is 5.85. The fourth-order valence-corrected chi connectivity index (χ4v) is 1.83. The number of hydrogen-bond acceptors (Lipinski definition) is 1. The highest BCUT2D eigenvalue weighted by Crippen LogP contribution is 2.25. The van der Waals surface area contributed by atoms with Crippen molar-refractivity contribution in [2.45, 2.75) is 47.5 Å². The number of rotatable bonds is 5. The van der Waals surface area contributed by atoms with Crippen LogP contribution in [0.2, 0.25) is 0 Å². The molecule has 1 nitrogen and oxygen atoms in total. The largest absolute Gasteiger partial charge is 0.299 e. The van der Waals surface area contributed by atoms with Gasteiger partial charge in [0, 0.05) is 11.3 Å². The second-order valence-corrected chi connectivity index (χ2v) is 5.38. The van der Waals surface area contributed by atoms with E-state index in [1.807, 2.05) is 33.8 Å². The van der Waals surface area contributed by atoms with E-state index in [1.54, 1.807) is 0 Å². The van der Waals surface area contributed by atoms with Crippen LogP contribution in [0.5, 0.6) is 0 Å². The lowest BCUT2D eigenvalue weighted by Crippen LogP contribution is -2.27. The third-order valence-electron chi connectivity index (χ3n) is 2.51. The Morgan fingerprint density at radius 1 is 1.36 bits per heavy atom. The molecule has 0 aliphatic heterocycles. The quantitative estimate of drug-likeness (QED) is 0.611. The Kier molecular flexibility index (Phi) is 5.11. The number of hydrogen-bond donors (Lipinski definition) is 0. The number of ketones is 1. The van der Waals surface area contributed by atoms with Gasteiger partial charge in [0.25, 0.3) is 0 Å². The first-order chi connectivity index (χ1) is 6.29. The Morgan fingerprint density at radius 3 is 2.21 bits per heavy atom. The molecule has 14 heavy (non-hydrogen) atoms. The molecule has 82 valence electrons. The van der Waals surface area contributed by atoms with Crippen LogP contribution in [0.4, 0.5) is 0 Å². The van der Waals surface area contributed by atoms with Crippen molar-refractivity contribution in [2.75, 3.05) is 0 Å². The molecule has 0 aliphatic rings. The van der Waals surface area contributed by atoms with Crippen LogP contribution >= 0.6 is 0 Å². The zero-order valence-electron chi connectivity index (χ0n) is 10.3. The van der Waals surface area contributed by atoms with Gasteiger partial charge in [-0.2, -0.15) is 0 Å². The van der Waals surface area contributed by atoms with Gasteiger partial charge in [-0.25, -0.2) is 0 Å². The van der Waals surface area contributed by atoms with Gasteiger partial charge in [0.1, 0.15) is 5.78 Å². The van der Waals surface area contributed by atoms with Gasteiger partial charge in [0.05, 0.1) is 0 Å². The highest BCUT2D eigenvalue weighted by Gasteiger charge is 2.27. The molecule has 2 unspecified atom stereocenters. The van der Waals surface area contributed by atoms with Crippen molar-refractivity contribution in [1.82, 2.24) is 0 Å². The van der Waals surface area contributed by atoms with Gasteiger partial charge in [0.2, 0.25) is 0 Å². The van der Waals surface area contributed by atoms with Crippen molar-refractivity contribution in [3.8, 4) is 0 Å². The Balaban J connectivity index is 4.14. The van der Waals surface area contributed by atoms with Crippen LogP contribution < -0.4 is 0 Å². The third-order valence-corrected chi connectivity index (χ3v) is 2.51. The van der Waals surface area contributed by atoms with Gasteiger partial charge >= 0.3 is 0 Å². The molecule has 0 aromatic rings. The summed E-state index contributed by atoms with van der Waals surface area (Å²) in [5, 5.41) is 0. The maximum absolute atomic E-state index is 11.9. The van der Waals surface area contributed by atoms with E-state index in [9.17, 15) is 4.79 Å². The van der Waals surface area contributed by atoms with Crippen LogP contribution in [0.1, 0.15) is 47.5 Å². The van der Waals surface area contributed by atoms with E-state index in [0.717, 1.165) is 12.8 Å². The summed E-state index contributed by atoms with van der Waals surface area (Å²) in [5.74, 6) is 1.10. The third kappa shape index (κ3) is 4.59. The molecule has 0 bridgehead atoms. The molecule has 0 saturated heterocycles. The van der Waals surface area contributed by atoms with Crippen molar-refractivity contribution in [3.05, 3.63) is 12.7 Å². The molecular formula is C13H24O. The molecule has 0 amide bonds. The van der Waals surface area contributed by atoms with Gasteiger partial charge in [-0.05, 0) is 18.8 Å². The number of carbonyl (C=O) groups excluding carboxylic acids is 1. The first-order valence-electron chi connectivity index (χ1n) is 5.44.